The number of rotatable bonds is 4. The minimum absolute atomic E-state index is 0.191. The summed E-state index contributed by atoms with van der Waals surface area (Å²) in [4.78, 5) is 12.4. The van der Waals surface area contributed by atoms with Crippen LogP contribution in [0, 0.1) is 0 Å². The van der Waals surface area contributed by atoms with Crippen molar-refractivity contribution in [2.45, 2.75) is 12.3 Å². The van der Waals surface area contributed by atoms with E-state index in [1.807, 2.05) is 47.7 Å². The number of fused-ring (bicyclic) bond motifs is 5. The average molecular weight is 536 g/mol. The van der Waals surface area contributed by atoms with Gasteiger partial charge in [-0.25, -0.2) is 9.98 Å². The van der Waals surface area contributed by atoms with Crippen LogP contribution in [0.15, 0.2) is 138 Å². The van der Waals surface area contributed by atoms with Crippen LogP contribution in [0.1, 0.15) is 22.9 Å². The lowest BCUT2D eigenvalue weighted by Gasteiger charge is -2.22. The first-order chi connectivity index (χ1) is 19.8. The fourth-order valence-electron chi connectivity index (χ4n) is 5.51. The van der Waals surface area contributed by atoms with E-state index in [2.05, 4.69) is 107 Å². The maximum Gasteiger partial charge on any atom is 0.169 e. The number of anilines is 2. The standard InChI is InChI=1S/C34H25N5S/c1-3-10-22(11-4-1)31-36-32(23-12-5-2-6-13-23)38-33(37-31)26-15-9-14-24(20-26)25-17-18-28-27(21-25)30-34(40-28)39-19-8-7-16-29(39)35-30/h1-21,29,33,35H,(H,36,37,38). The van der Waals surface area contributed by atoms with Crippen LogP contribution >= 0.6 is 11.3 Å². The minimum atomic E-state index is -0.350. The first-order valence-corrected chi connectivity index (χ1v) is 14.2. The van der Waals surface area contributed by atoms with Crippen molar-refractivity contribution in [3.63, 3.8) is 0 Å². The van der Waals surface area contributed by atoms with E-state index in [1.54, 1.807) is 0 Å². The molecule has 4 heterocycles. The number of thiophene rings is 1. The zero-order valence-corrected chi connectivity index (χ0v) is 22.3. The molecule has 5 nitrogen and oxygen atoms in total. The number of nitrogens with zero attached hydrogens (tertiary/aromatic N) is 3. The summed E-state index contributed by atoms with van der Waals surface area (Å²) in [5.41, 5.74) is 6.69. The van der Waals surface area contributed by atoms with Gasteiger partial charge in [0.15, 0.2) is 6.17 Å². The molecule has 3 aliphatic heterocycles. The Morgan fingerprint density at radius 1 is 0.675 bits per heavy atom. The van der Waals surface area contributed by atoms with Crippen LogP contribution in [0.4, 0.5) is 10.7 Å². The van der Waals surface area contributed by atoms with Crippen LogP contribution in [-0.4, -0.2) is 17.8 Å². The van der Waals surface area contributed by atoms with Gasteiger partial charge in [-0.2, -0.15) is 0 Å². The summed E-state index contributed by atoms with van der Waals surface area (Å²) in [6.07, 6.45) is 8.37. The summed E-state index contributed by atoms with van der Waals surface area (Å²) in [5, 5.41) is 9.70. The molecule has 0 radical (unpaired) electrons. The molecule has 0 amide bonds. The normalized spacial score (nSPS) is 17.6. The second kappa shape index (κ2) is 9.36. The SMILES string of the molecule is C1=CC2Nc3c(sc4ccc(-c5cccc(C6N=C(c7ccccc7)NC(c7ccccc7)=N6)c5)cc34)N2C=C1. The number of benzene rings is 4. The van der Waals surface area contributed by atoms with E-state index < -0.39 is 0 Å². The Bertz CT molecular complexity index is 1810. The van der Waals surface area contributed by atoms with Gasteiger partial charge in [-0.1, -0.05) is 91.0 Å². The molecule has 0 bridgehead atoms. The Labute approximate surface area is 236 Å². The highest BCUT2D eigenvalue weighted by atomic mass is 32.1. The van der Waals surface area contributed by atoms with Gasteiger partial charge in [-0.05, 0) is 47.0 Å². The van der Waals surface area contributed by atoms with Crippen LogP contribution in [0.3, 0.4) is 0 Å². The third kappa shape index (κ3) is 3.92. The Hall–Kier alpha value is -4.94. The van der Waals surface area contributed by atoms with E-state index in [4.69, 9.17) is 9.98 Å². The summed E-state index contributed by atoms with van der Waals surface area (Å²) in [5.74, 6) is 1.65. The van der Waals surface area contributed by atoms with E-state index >= 15 is 0 Å². The molecule has 0 aliphatic carbocycles. The Morgan fingerprint density at radius 3 is 2.12 bits per heavy atom. The number of hydrogen-bond donors (Lipinski definition) is 2. The van der Waals surface area contributed by atoms with Crippen molar-refractivity contribution in [2.24, 2.45) is 9.98 Å². The van der Waals surface area contributed by atoms with E-state index in [1.165, 1.54) is 26.3 Å². The smallest absolute Gasteiger partial charge is 0.169 e. The van der Waals surface area contributed by atoms with Gasteiger partial charge in [-0.15, -0.1) is 11.3 Å². The highest BCUT2D eigenvalue weighted by molar-refractivity contribution is 7.23. The van der Waals surface area contributed by atoms with Crippen molar-refractivity contribution >= 4 is 43.8 Å². The summed E-state index contributed by atoms with van der Waals surface area (Å²) < 4.78 is 1.28. The molecule has 0 saturated carbocycles. The van der Waals surface area contributed by atoms with Gasteiger partial charge < -0.3 is 15.5 Å². The number of nitrogens with one attached hydrogen (secondary N) is 2. The molecule has 0 spiro atoms. The highest BCUT2D eigenvalue weighted by Crippen LogP contribution is 2.49. The Morgan fingerprint density at radius 2 is 1.38 bits per heavy atom. The van der Waals surface area contributed by atoms with Crippen LogP contribution in [0.5, 0.6) is 0 Å². The summed E-state index contributed by atoms with van der Waals surface area (Å²) >= 11 is 1.83. The van der Waals surface area contributed by atoms with Crippen molar-refractivity contribution in [3.05, 3.63) is 144 Å². The summed E-state index contributed by atoms with van der Waals surface area (Å²) in [6.45, 7) is 0. The van der Waals surface area contributed by atoms with Gasteiger partial charge >= 0.3 is 0 Å². The third-order valence-electron chi connectivity index (χ3n) is 7.50. The lowest BCUT2D eigenvalue weighted by molar-refractivity contribution is 0.756. The van der Waals surface area contributed by atoms with Crippen molar-refractivity contribution in [2.75, 3.05) is 10.2 Å². The lowest BCUT2D eigenvalue weighted by atomic mass is 10.0. The maximum atomic E-state index is 5.05. The Kier molecular flexibility index (Phi) is 5.38. The molecule has 3 aliphatic rings. The zero-order valence-electron chi connectivity index (χ0n) is 21.5. The number of hydrogen-bond acceptors (Lipinski definition) is 6. The molecule has 5 aromatic rings. The number of amidine groups is 2. The van der Waals surface area contributed by atoms with E-state index in [0.717, 1.165) is 33.9 Å². The maximum absolute atomic E-state index is 5.05. The number of aliphatic imine (C=N–C) groups is 2. The third-order valence-corrected chi connectivity index (χ3v) is 8.68. The molecular formula is C34H25N5S. The van der Waals surface area contributed by atoms with Gasteiger partial charge in [0.1, 0.15) is 22.8 Å². The largest absolute Gasteiger partial charge is 0.359 e. The lowest BCUT2D eigenvalue weighted by Crippen LogP contribution is -2.35. The van der Waals surface area contributed by atoms with Crippen molar-refractivity contribution in [1.82, 2.24) is 5.32 Å². The zero-order chi connectivity index (χ0) is 26.5. The topological polar surface area (TPSA) is 52.0 Å². The molecule has 1 aromatic heterocycles. The molecule has 1 atom stereocenters. The fraction of sp³-hybridized carbons (Fsp3) is 0.0588. The highest BCUT2D eigenvalue weighted by Gasteiger charge is 2.30. The monoisotopic (exact) mass is 535 g/mol. The van der Waals surface area contributed by atoms with Gasteiger partial charge in [0.05, 0.1) is 5.69 Å². The van der Waals surface area contributed by atoms with Gasteiger partial charge in [0.2, 0.25) is 0 Å². The molecule has 1 unspecified atom stereocenters. The van der Waals surface area contributed by atoms with E-state index in [0.29, 0.717) is 0 Å². The van der Waals surface area contributed by atoms with E-state index in [9.17, 15) is 0 Å². The predicted molar refractivity (Wildman–Crippen MR) is 167 cm³/mol. The molecule has 192 valence electrons. The average Bonchev–Trinajstić information content (AvgIpc) is 3.58. The molecule has 2 N–H and O–H groups in total. The molecule has 40 heavy (non-hydrogen) atoms. The van der Waals surface area contributed by atoms with Crippen molar-refractivity contribution in [1.29, 1.82) is 0 Å². The first-order valence-electron chi connectivity index (χ1n) is 13.4. The molecule has 6 heteroatoms. The van der Waals surface area contributed by atoms with Gasteiger partial charge in [0.25, 0.3) is 0 Å². The van der Waals surface area contributed by atoms with Crippen molar-refractivity contribution in [3.8, 4) is 11.1 Å². The van der Waals surface area contributed by atoms with Crippen LogP contribution < -0.4 is 15.5 Å². The number of allylic oxidation sites excluding steroid dienone is 2. The quantitative estimate of drug-likeness (QED) is 0.248. The van der Waals surface area contributed by atoms with E-state index in [-0.39, 0.29) is 12.3 Å². The molecule has 0 saturated heterocycles. The Balaban J connectivity index is 1.19. The minimum Gasteiger partial charge on any atom is -0.359 e. The fourth-order valence-corrected chi connectivity index (χ4v) is 6.67. The molecule has 4 aromatic carbocycles. The molecule has 0 fully saturated rings. The van der Waals surface area contributed by atoms with Gasteiger partial charge in [-0.3, -0.25) is 0 Å². The summed E-state index contributed by atoms with van der Waals surface area (Å²) in [6, 6.07) is 35.9. The molecule has 8 rings (SSSR count). The second-order valence-corrected chi connectivity index (χ2v) is 11.1. The predicted octanol–water partition coefficient (Wildman–Crippen LogP) is 7.71. The first kappa shape index (κ1) is 23.0. The van der Waals surface area contributed by atoms with Gasteiger partial charge in [0, 0.05) is 27.4 Å². The van der Waals surface area contributed by atoms with Crippen LogP contribution in [-0.2, 0) is 0 Å². The summed E-state index contributed by atoms with van der Waals surface area (Å²) in [7, 11) is 0. The molecular weight excluding hydrogens is 510 g/mol. The second-order valence-electron chi connectivity index (χ2n) is 10.0. The van der Waals surface area contributed by atoms with Crippen LogP contribution in [0.25, 0.3) is 21.2 Å². The van der Waals surface area contributed by atoms with Crippen LogP contribution in [0.2, 0.25) is 0 Å². The van der Waals surface area contributed by atoms with Crippen molar-refractivity contribution < 1.29 is 0 Å².